The number of benzene rings is 1. The summed E-state index contributed by atoms with van der Waals surface area (Å²) in [5, 5.41) is 3.10. The predicted molar refractivity (Wildman–Crippen MR) is 59.1 cm³/mol. The first kappa shape index (κ1) is 11.9. The molecule has 1 N–H and O–H groups in total. The first-order valence-corrected chi connectivity index (χ1v) is 4.97. The first-order chi connectivity index (χ1) is 7.34. The molecule has 0 heterocycles. The Bertz CT molecular complexity index is 301. The second kappa shape index (κ2) is 7.15. The average Bonchev–Trinajstić information content (AvgIpc) is 2.25. The van der Waals surface area contributed by atoms with Crippen molar-refractivity contribution >= 4 is 0 Å². The first-order valence-electron chi connectivity index (χ1n) is 4.97. The van der Waals surface area contributed by atoms with Crippen LogP contribution >= 0.6 is 0 Å². The fraction of sp³-hybridized carbons (Fsp3) is 0.333. The van der Waals surface area contributed by atoms with Crippen molar-refractivity contribution in [2.24, 2.45) is 0 Å². The van der Waals surface area contributed by atoms with Gasteiger partial charge in [0.25, 0.3) is 0 Å². The molecule has 2 nitrogen and oxygen atoms in total. The maximum atomic E-state index is 13.1. The van der Waals surface area contributed by atoms with Crippen LogP contribution in [0.4, 0.5) is 4.39 Å². The van der Waals surface area contributed by atoms with Gasteiger partial charge in [-0.3, -0.25) is 0 Å². The summed E-state index contributed by atoms with van der Waals surface area (Å²) in [6.07, 6.45) is 1.79. The summed E-state index contributed by atoms with van der Waals surface area (Å²) in [6.45, 7) is 6.00. The number of halogens is 1. The molecule has 0 unspecified atom stereocenters. The predicted octanol–water partition coefficient (Wildman–Crippen LogP) is 2.12. The van der Waals surface area contributed by atoms with Gasteiger partial charge in [-0.2, -0.15) is 0 Å². The number of rotatable bonds is 7. The number of hydrogen-bond acceptors (Lipinski definition) is 2. The van der Waals surface area contributed by atoms with E-state index in [0.29, 0.717) is 18.8 Å². The van der Waals surface area contributed by atoms with Crippen molar-refractivity contribution in [2.45, 2.75) is 6.61 Å². The second-order valence-corrected chi connectivity index (χ2v) is 3.14. The Balaban J connectivity index is 2.15. The molecule has 1 rings (SSSR count). The molecule has 1 aromatic carbocycles. The van der Waals surface area contributed by atoms with Crippen LogP contribution in [0.3, 0.4) is 0 Å². The smallest absolute Gasteiger partial charge is 0.128 e. The van der Waals surface area contributed by atoms with E-state index in [1.165, 1.54) is 6.07 Å². The van der Waals surface area contributed by atoms with Crippen LogP contribution in [0.2, 0.25) is 0 Å². The van der Waals surface area contributed by atoms with E-state index in [9.17, 15) is 4.39 Å². The number of ether oxygens (including phenoxy) is 1. The topological polar surface area (TPSA) is 21.3 Å². The minimum absolute atomic E-state index is 0.212. The van der Waals surface area contributed by atoms with Gasteiger partial charge in [0.1, 0.15) is 5.82 Å². The lowest BCUT2D eigenvalue weighted by Gasteiger charge is -2.05. The lowest BCUT2D eigenvalue weighted by Crippen LogP contribution is -2.19. The van der Waals surface area contributed by atoms with E-state index in [1.54, 1.807) is 24.3 Å². The monoisotopic (exact) mass is 209 g/mol. The van der Waals surface area contributed by atoms with Crippen LogP contribution < -0.4 is 5.32 Å². The zero-order chi connectivity index (χ0) is 10.9. The molecule has 1 aromatic rings. The largest absolute Gasteiger partial charge is 0.375 e. The van der Waals surface area contributed by atoms with Crippen LogP contribution in [0, 0.1) is 5.82 Å². The lowest BCUT2D eigenvalue weighted by molar-refractivity contribution is 0.121. The Morgan fingerprint density at radius 3 is 2.93 bits per heavy atom. The quantitative estimate of drug-likeness (QED) is 0.548. The van der Waals surface area contributed by atoms with E-state index < -0.39 is 0 Å². The molecule has 82 valence electrons. The molecule has 0 fully saturated rings. The van der Waals surface area contributed by atoms with Gasteiger partial charge in [-0.05, 0) is 6.07 Å². The molecular formula is C12H16FNO. The van der Waals surface area contributed by atoms with E-state index in [-0.39, 0.29) is 5.82 Å². The molecule has 0 aliphatic rings. The zero-order valence-corrected chi connectivity index (χ0v) is 8.71. The average molecular weight is 209 g/mol. The SMILES string of the molecule is C=CCNCCOCc1ccccc1F. The third-order valence-corrected chi connectivity index (χ3v) is 1.93. The third-order valence-electron chi connectivity index (χ3n) is 1.93. The lowest BCUT2D eigenvalue weighted by atomic mass is 10.2. The highest BCUT2D eigenvalue weighted by molar-refractivity contribution is 5.16. The Morgan fingerprint density at radius 1 is 1.40 bits per heavy atom. The van der Waals surface area contributed by atoms with Gasteiger partial charge < -0.3 is 10.1 Å². The van der Waals surface area contributed by atoms with Crippen molar-refractivity contribution < 1.29 is 9.13 Å². The van der Waals surface area contributed by atoms with Crippen LogP contribution in [0.5, 0.6) is 0 Å². The highest BCUT2D eigenvalue weighted by atomic mass is 19.1. The fourth-order valence-electron chi connectivity index (χ4n) is 1.15. The van der Waals surface area contributed by atoms with E-state index in [2.05, 4.69) is 11.9 Å². The molecule has 0 aliphatic heterocycles. The molecule has 0 spiro atoms. The normalized spacial score (nSPS) is 10.2. The van der Waals surface area contributed by atoms with Crippen LogP contribution in [0.15, 0.2) is 36.9 Å². The van der Waals surface area contributed by atoms with Gasteiger partial charge in [0.05, 0.1) is 13.2 Å². The number of nitrogens with one attached hydrogen (secondary N) is 1. The molecule has 0 saturated carbocycles. The highest BCUT2D eigenvalue weighted by Crippen LogP contribution is 2.06. The standard InChI is InChI=1S/C12H16FNO/c1-2-7-14-8-9-15-10-11-5-3-4-6-12(11)13/h2-6,14H,1,7-10H2. The van der Waals surface area contributed by atoms with Gasteiger partial charge in [-0.1, -0.05) is 24.3 Å². The van der Waals surface area contributed by atoms with Gasteiger partial charge in [0.15, 0.2) is 0 Å². The van der Waals surface area contributed by atoms with Crippen molar-refractivity contribution in [1.29, 1.82) is 0 Å². The van der Waals surface area contributed by atoms with Gasteiger partial charge in [0, 0.05) is 18.7 Å². The maximum absolute atomic E-state index is 13.1. The Morgan fingerprint density at radius 2 is 2.20 bits per heavy atom. The van der Waals surface area contributed by atoms with Crippen molar-refractivity contribution in [1.82, 2.24) is 5.32 Å². The van der Waals surface area contributed by atoms with Gasteiger partial charge in [0.2, 0.25) is 0 Å². The summed E-state index contributed by atoms with van der Waals surface area (Å²) in [4.78, 5) is 0. The molecule has 0 bridgehead atoms. The zero-order valence-electron chi connectivity index (χ0n) is 8.71. The summed E-state index contributed by atoms with van der Waals surface area (Å²) < 4.78 is 18.4. The van der Waals surface area contributed by atoms with Crippen molar-refractivity contribution in [3.05, 3.63) is 48.3 Å². The molecule has 0 aliphatic carbocycles. The Hall–Kier alpha value is -1.19. The van der Waals surface area contributed by atoms with Crippen LogP contribution in [-0.2, 0) is 11.3 Å². The maximum Gasteiger partial charge on any atom is 0.128 e. The summed E-state index contributed by atoms with van der Waals surface area (Å²) in [6, 6.07) is 6.64. The summed E-state index contributed by atoms with van der Waals surface area (Å²) in [5.74, 6) is -0.212. The molecule has 0 amide bonds. The number of hydrogen-bond donors (Lipinski definition) is 1. The van der Waals surface area contributed by atoms with Crippen LogP contribution in [0.25, 0.3) is 0 Å². The summed E-state index contributed by atoms with van der Waals surface area (Å²) >= 11 is 0. The van der Waals surface area contributed by atoms with Crippen molar-refractivity contribution in [3.63, 3.8) is 0 Å². The fourth-order valence-corrected chi connectivity index (χ4v) is 1.15. The van der Waals surface area contributed by atoms with Crippen molar-refractivity contribution in [3.8, 4) is 0 Å². The van der Waals surface area contributed by atoms with E-state index in [4.69, 9.17) is 4.74 Å². The second-order valence-electron chi connectivity index (χ2n) is 3.14. The minimum atomic E-state index is -0.212. The molecule has 3 heteroatoms. The minimum Gasteiger partial charge on any atom is -0.375 e. The molecular weight excluding hydrogens is 193 g/mol. The van der Waals surface area contributed by atoms with Gasteiger partial charge in [-0.15, -0.1) is 6.58 Å². The molecule has 0 atom stereocenters. The van der Waals surface area contributed by atoms with E-state index in [0.717, 1.165) is 13.1 Å². The van der Waals surface area contributed by atoms with Gasteiger partial charge >= 0.3 is 0 Å². The highest BCUT2D eigenvalue weighted by Gasteiger charge is 1.99. The molecule has 0 saturated heterocycles. The molecule has 0 radical (unpaired) electrons. The molecule has 15 heavy (non-hydrogen) atoms. The van der Waals surface area contributed by atoms with E-state index in [1.807, 2.05) is 0 Å². The Labute approximate surface area is 89.8 Å². The summed E-state index contributed by atoms with van der Waals surface area (Å²) in [7, 11) is 0. The van der Waals surface area contributed by atoms with E-state index >= 15 is 0 Å². The molecule has 0 aromatic heterocycles. The van der Waals surface area contributed by atoms with Crippen molar-refractivity contribution in [2.75, 3.05) is 19.7 Å². The summed E-state index contributed by atoms with van der Waals surface area (Å²) in [5.41, 5.74) is 0.598. The third kappa shape index (κ3) is 4.72. The Kier molecular flexibility index (Phi) is 5.66. The van der Waals surface area contributed by atoms with Crippen LogP contribution in [0.1, 0.15) is 5.56 Å². The van der Waals surface area contributed by atoms with Crippen LogP contribution in [-0.4, -0.2) is 19.7 Å². The van der Waals surface area contributed by atoms with Gasteiger partial charge in [-0.25, -0.2) is 4.39 Å².